The molecule has 0 unspecified atom stereocenters. The lowest BCUT2D eigenvalue weighted by molar-refractivity contribution is -0.214. The van der Waals surface area contributed by atoms with Crippen molar-refractivity contribution in [1.82, 2.24) is 5.32 Å². The van der Waals surface area contributed by atoms with E-state index in [-0.39, 0.29) is 17.0 Å². The van der Waals surface area contributed by atoms with Crippen molar-refractivity contribution >= 4 is 17.3 Å². The first-order chi connectivity index (χ1) is 3.77. The second kappa shape index (κ2) is 8.07. The summed E-state index contributed by atoms with van der Waals surface area (Å²) in [5.74, 6) is 0. The Morgan fingerprint density at radius 2 is 2.33 bits per heavy atom. The number of hydrogen-bond acceptors (Lipinski definition) is 1. The van der Waals surface area contributed by atoms with Gasteiger partial charge in [0.05, 0.1) is 0 Å². The van der Waals surface area contributed by atoms with Crippen LogP contribution in [0.5, 0.6) is 0 Å². The second-order valence-electron chi connectivity index (χ2n) is 1.37. The highest BCUT2D eigenvalue weighted by Crippen LogP contribution is 1.64. The second-order valence-corrected chi connectivity index (χ2v) is 1.87. The Hall–Kier alpha value is 0.0700. The van der Waals surface area contributed by atoms with Crippen LogP contribution in [0.1, 0.15) is 6.92 Å². The van der Waals surface area contributed by atoms with E-state index in [1.54, 1.807) is 0 Å². The van der Waals surface area contributed by atoms with Gasteiger partial charge in [-0.2, -0.15) is 0 Å². The van der Waals surface area contributed by atoms with Gasteiger partial charge < -0.3 is 28.0 Å². The summed E-state index contributed by atoms with van der Waals surface area (Å²) >= 11 is 4.65. The Kier molecular flexibility index (Phi) is 10.6. The van der Waals surface area contributed by atoms with Gasteiger partial charge >= 0.3 is 0 Å². The van der Waals surface area contributed by atoms with Gasteiger partial charge in [0.2, 0.25) is 0 Å². The van der Waals surface area contributed by atoms with Crippen LogP contribution >= 0.6 is 12.2 Å². The zero-order chi connectivity index (χ0) is 6.41. The Balaban J connectivity index is 0. The predicted octanol–water partition coefficient (Wildman–Crippen LogP) is -3.32. The molecule has 0 aromatic rings. The average molecular weight is 211 g/mol. The van der Waals surface area contributed by atoms with E-state index in [1.165, 1.54) is 0 Å². The van der Waals surface area contributed by atoms with Crippen molar-refractivity contribution in [3.63, 3.8) is 0 Å². The van der Waals surface area contributed by atoms with E-state index in [2.05, 4.69) is 23.3 Å². The van der Waals surface area contributed by atoms with Crippen molar-refractivity contribution in [2.24, 2.45) is 0 Å². The molecule has 9 heavy (non-hydrogen) atoms. The average Bonchev–Trinajstić information content (AvgIpc) is 1.66. The zero-order valence-electron chi connectivity index (χ0n) is 5.36. The van der Waals surface area contributed by atoms with Crippen LogP contribution in [-0.2, 0) is 0 Å². The van der Waals surface area contributed by atoms with Gasteiger partial charge in [0.25, 0.3) is 5.11 Å². The van der Waals surface area contributed by atoms with Gasteiger partial charge in [-0.25, -0.2) is 0 Å². The Morgan fingerprint density at radius 3 is 2.67 bits per heavy atom. The van der Waals surface area contributed by atoms with E-state index in [1.807, 2.05) is 19.1 Å². The highest BCUT2D eigenvalue weighted by molar-refractivity contribution is 7.79. The molecule has 0 saturated heterocycles. The van der Waals surface area contributed by atoms with Crippen molar-refractivity contribution in [2.45, 2.75) is 6.92 Å². The van der Waals surface area contributed by atoms with Gasteiger partial charge in [-0.3, -0.25) is 0 Å². The number of thiocarbonyl (C=S) groups is 1. The molecule has 0 aliphatic heterocycles. The number of halogens is 1. The van der Waals surface area contributed by atoms with Crippen LogP contribution in [0.2, 0.25) is 0 Å². The number of quaternary nitrogens is 1. The number of rotatable bonds is 2. The van der Waals surface area contributed by atoms with Gasteiger partial charge in [0, 0.05) is 18.8 Å². The minimum atomic E-state index is 0. The van der Waals surface area contributed by atoms with Crippen LogP contribution in [0, 0.1) is 0 Å². The van der Waals surface area contributed by atoms with Crippen molar-refractivity contribution in [3.8, 4) is 0 Å². The highest BCUT2D eigenvalue weighted by Gasteiger charge is 1.82. The van der Waals surface area contributed by atoms with E-state index in [0.717, 1.165) is 6.54 Å². The van der Waals surface area contributed by atoms with Gasteiger partial charge in [-0.1, -0.05) is 12.2 Å². The molecule has 0 heterocycles. The molecule has 0 spiro atoms. The normalized spacial score (nSPS) is 8.67. The first-order valence-corrected chi connectivity index (χ1v) is 2.89. The lowest BCUT2D eigenvalue weighted by atomic mass is 10.5. The maximum atomic E-state index is 4.65. The molecule has 4 N–H and O–H groups in total. The Morgan fingerprint density at radius 1 is 1.78 bits per heavy atom. The van der Waals surface area contributed by atoms with Crippen molar-refractivity contribution in [3.05, 3.63) is 12.2 Å². The molecule has 0 fully saturated rings. The summed E-state index contributed by atoms with van der Waals surface area (Å²) < 4.78 is 0. The van der Waals surface area contributed by atoms with E-state index in [0.29, 0.717) is 5.11 Å². The fourth-order valence-corrected chi connectivity index (χ4v) is 0.374. The molecule has 0 aliphatic carbocycles. The van der Waals surface area contributed by atoms with Crippen LogP contribution in [0.25, 0.3) is 0 Å². The number of nitrogens with one attached hydrogen (secondary N) is 1. The fraction of sp³-hybridized carbons (Fsp3) is 0.400. The van der Waals surface area contributed by atoms with Gasteiger partial charge in [0.15, 0.2) is 0 Å². The molecule has 2 nitrogen and oxygen atoms in total. The highest BCUT2D eigenvalue weighted by atomic mass is 79.9. The van der Waals surface area contributed by atoms with Crippen molar-refractivity contribution < 1.29 is 22.7 Å². The zero-order valence-corrected chi connectivity index (χ0v) is 7.76. The minimum Gasteiger partial charge on any atom is -1.00 e. The maximum Gasteiger partial charge on any atom is 0.265 e. The van der Waals surface area contributed by atoms with Crippen molar-refractivity contribution in [1.29, 1.82) is 0 Å². The van der Waals surface area contributed by atoms with E-state index < -0.39 is 0 Å². The fourth-order valence-electron chi connectivity index (χ4n) is 0.291. The monoisotopic (exact) mass is 210 g/mol. The Labute approximate surface area is 71.3 Å². The number of hydrogen-bond donors (Lipinski definition) is 2. The summed E-state index contributed by atoms with van der Waals surface area (Å²) in [6, 6.07) is 0. The largest absolute Gasteiger partial charge is 1.00 e. The minimum absolute atomic E-state index is 0. The summed E-state index contributed by atoms with van der Waals surface area (Å²) in [5.41, 5.74) is 3.50. The van der Waals surface area contributed by atoms with Gasteiger partial charge in [-0.05, 0) is 6.92 Å². The number of allylic oxidation sites excluding steroid dienone is 1. The van der Waals surface area contributed by atoms with Gasteiger partial charge in [-0.15, -0.1) is 0 Å². The van der Waals surface area contributed by atoms with Crippen LogP contribution in [0.4, 0.5) is 0 Å². The molecule has 0 aliphatic rings. The molecule has 0 saturated carbocycles. The summed E-state index contributed by atoms with van der Waals surface area (Å²) in [7, 11) is 0. The quantitative estimate of drug-likeness (QED) is 0.371. The van der Waals surface area contributed by atoms with Crippen LogP contribution in [0.3, 0.4) is 0 Å². The van der Waals surface area contributed by atoms with Crippen LogP contribution in [0.15, 0.2) is 12.2 Å². The molecule has 4 heteroatoms. The third kappa shape index (κ3) is 11.6. The summed E-state index contributed by atoms with van der Waals surface area (Å²) in [4.78, 5) is 0. The third-order valence-electron chi connectivity index (χ3n) is 0.653. The summed E-state index contributed by atoms with van der Waals surface area (Å²) in [6.07, 6.45) is 3.95. The molecule has 54 valence electrons. The third-order valence-corrected chi connectivity index (χ3v) is 0.797. The summed E-state index contributed by atoms with van der Waals surface area (Å²) in [6.45, 7) is 2.76. The molecule has 0 aromatic carbocycles. The molecule has 0 atom stereocenters. The van der Waals surface area contributed by atoms with Crippen molar-refractivity contribution in [2.75, 3.05) is 6.54 Å². The molecule has 0 amide bonds. The first-order valence-electron chi connectivity index (χ1n) is 2.48. The van der Waals surface area contributed by atoms with Crippen LogP contribution < -0.4 is 28.0 Å². The molecule has 0 rings (SSSR count). The van der Waals surface area contributed by atoms with E-state index in [4.69, 9.17) is 0 Å². The molecule has 0 bridgehead atoms. The SMILES string of the molecule is C/C=C/CNC([NH3+])=S.[Br-]. The maximum absolute atomic E-state index is 4.65. The molecular formula is C5H11BrN2S. The molecule has 0 radical (unpaired) electrons. The predicted molar refractivity (Wildman–Crippen MR) is 38.3 cm³/mol. The van der Waals surface area contributed by atoms with Gasteiger partial charge in [0.1, 0.15) is 0 Å². The lowest BCUT2D eigenvalue weighted by Crippen LogP contribution is -3.00. The standard InChI is InChI=1S/C5H10N2S.BrH/c1-2-3-4-7-5(6)8;/h2-3H,4H2,1H3,(H3,6,7,8);1H/b3-2+;. The lowest BCUT2D eigenvalue weighted by Gasteiger charge is -1.90. The topological polar surface area (TPSA) is 39.7 Å². The smallest absolute Gasteiger partial charge is 0.265 e. The van der Waals surface area contributed by atoms with E-state index in [9.17, 15) is 0 Å². The first kappa shape index (κ1) is 11.8. The Bertz CT molecular complexity index is 103. The molecular weight excluding hydrogens is 200 g/mol. The molecule has 0 aromatic heterocycles. The summed E-state index contributed by atoms with van der Waals surface area (Å²) in [5, 5.41) is 3.48. The van der Waals surface area contributed by atoms with Crippen LogP contribution in [-0.4, -0.2) is 11.7 Å². The van der Waals surface area contributed by atoms with E-state index >= 15 is 0 Å².